The Hall–Kier alpha value is -3.92. The van der Waals surface area contributed by atoms with E-state index in [1.807, 2.05) is 29.2 Å². The van der Waals surface area contributed by atoms with Crippen LogP contribution in [-0.2, 0) is 11.3 Å². The van der Waals surface area contributed by atoms with Crippen molar-refractivity contribution >= 4 is 40.4 Å². The van der Waals surface area contributed by atoms with Crippen LogP contribution < -0.4 is 10.2 Å². The average molecular weight is 462 g/mol. The Balaban J connectivity index is 1.26. The Labute approximate surface area is 193 Å². The van der Waals surface area contributed by atoms with Crippen LogP contribution in [0, 0.1) is 0 Å². The molecule has 10 heteroatoms. The summed E-state index contributed by atoms with van der Waals surface area (Å²) < 4.78 is 0. The van der Waals surface area contributed by atoms with Crippen molar-refractivity contribution in [2.75, 3.05) is 31.6 Å². The molecule has 1 aliphatic carbocycles. The van der Waals surface area contributed by atoms with E-state index < -0.39 is 11.7 Å². The quantitative estimate of drug-likeness (QED) is 0.490. The van der Waals surface area contributed by atoms with Gasteiger partial charge in [-0.15, -0.1) is 11.3 Å². The lowest BCUT2D eigenvalue weighted by molar-refractivity contribution is -0.129. The molecule has 166 valence electrons. The molecule has 0 saturated carbocycles. The van der Waals surface area contributed by atoms with Crippen molar-refractivity contribution in [3.05, 3.63) is 75.0 Å². The lowest BCUT2D eigenvalue weighted by atomic mass is 9.93. The van der Waals surface area contributed by atoms with Crippen LogP contribution in [0.3, 0.4) is 0 Å². The van der Waals surface area contributed by atoms with Gasteiger partial charge in [0, 0.05) is 50.3 Å². The van der Waals surface area contributed by atoms with E-state index in [0.717, 1.165) is 29.1 Å². The molecule has 0 bridgehead atoms. The molecule has 0 radical (unpaired) electrons. The maximum atomic E-state index is 12.7. The number of carbonyl (C=O) groups is 4. The Morgan fingerprint density at radius 1 is 1.06 bits per heavy atom. The molecule has 0 atom stereocenters. The summed E-state index contributed by atoms with van der Waals surface area (Å²) in [5.74, 6) is -1.09. The second-order valence-electron chi connectivity index (χ2n) is 7.86. The van der Waals surface area contributed by atoms with Gasteiger partial charge in [-0.2, -0.15) is 0 Å². The van der Waals surface area contributed by atoms with Crippen molar-refractivity contribution in [1.82, 2.24) is 20.2 Å². The van der Waals surface area contributed by atoms with E-state index >= 15 is 0 Å². The van der Waals surface area contributed by atoms with Crippen LogP contribution in [0.15, 0.2) is 42.7 Å². The van der Waals surface area contributed by atoms with Crippen molar-refractivity contribution in [1.29, 1.82) is 0 Å². The molecular weight excluding hydrogens is 442 g/mol. The minimum Gasteiger partial charge on any atom is -0.360 e. The largest absolute Gasteiger partial charge is 0.360 e. The van der Waals surface area contributed by atoms with Crippen molar-refractivity contribution in [2.45, 2.75) is 6.54 Å². The normalized spacial score (nSPS) is 15.4. The van der Waals surface area contributed by atoms with Gasteiger partial charge in [0.05, 0.1) is 12.1 Å². The molecule has 5 rings (SSSR count). The van der Waals surface area contributed by atoms with Gasteiger partial charge in [0.15, 0.2) is 5.01 Å². The molecule has 0 spiro atoms. The number of fused-ring (bicyclic) bond motifs is 2. The van der Waals surface area contributed by atoms with Crippen molar-refractivity contribution in [2.24, 2.45) is 0 Å². The first-order valence-electron chi connectivity index (χ1n) is 10.3. The van der Waals surface area contributed by atoms with Crippen molar-refractivity contribution in [3.8, 4) is 0 Å². The number of hydrogen-bond acceptors (Lipinski definition) is 8. The highest BCUT2D eigenvalue weighted by Gasteiger charge is 2.34. The van der Waals surface area contributed by atoms with E-state index in [-0.39, 0.29) is 44.9 Å². The molecular formula is C23H19N5O4S. The van der Waals surface area contributed by atoms with Crippen molar-refractivity contribution in [3.63, 3.8) is 0 Å². The standard InChI is InChI=1S/C23H19N5O4S/c1-27-8-9-28(12-17(27)29)14-4-2-13(3-5-14)10-25-22(32)23-26-18-19(30)16-11-24-7-6-15(16)20(31)21(18)33-23/h2-7,11H,8-10,12H2,1H3,(H,25,32). The first-order valence-corrected chi connectivity index (χ1v) is 11.1. The number of hydrogen-bond donors (Lipinski definition) is 1. The highest BCUT2D eigenvalue weighted by Crippen LogP contribution is 2.30. The summed E-state index contributed by atoms with van der Waals surface area (Å²) in [6.45, 7) is 2.06. The van der Waals surface area contributed by atoms with Crippen LogP contribution in [0.25, 0.3) is 0 Å². The van der Waals surface area contributed by atoms with E-state index in [1.54, 1.807) is 11.9 Å². The van der Waals surface area contributed by atoms with Gasteiger partial charge in [-0.3, -0.25) is 24.2 Å². The zero-order valence-electron chi connectivity index (χ0n) is 17.7. The Bertz CT molecular complexity index is 1250. The second-order valence-corrected chi connectivity index (χ2v) is 8.86. The number of pyridine rings is 1. The number of nitrogens with zero attached hydrogens (tertiary/aromatic N) is 4. The van der Waals surface area contributed by atoms with Crippen LogP contribution in [-0.4, -0.2) is 64.9 Å². The smallest absolute Gasteiger partial charge is 0.280 e. The van der Waals surface area contributed by atoms with Gasteiger partial charge in [-0.05, 0) is 23.8 Å². The fourth-order valence-electron chi connectivity index (χ4n) is 3.81. The van der Waals surface area contributed by atoms with Crippen LogP contribution in [0.5, 0.6) is 0 Å². The lowest BCUT2D eigenvalue weighted by Crippen LogP contribution is -2.48. The Kier molecular flexibility index (Phi) is 5.21. The van der Waals surface area contributed by atoms with Gasteiger partial charge in [0.25, 0.3) is 5.91 Å². The zero-order valence-corrected chi connectivity index (χ0v) is 18.5. The van der Waals surface area contributed by atoms with Crippen LogP contribution >= 0.6 is 11.3 Å². The summed E-state index contributed by atoms with van der Waals surface area (Å²) in [5, 5.41) is 2.85. The number of thiazole rings is 1. The number of carbonyl (C=O) groups excluding carboxylic acids is 4. The van der Waals surface area contributed by atoms with Crippen molar-refractivity contribution < 1.29 is 19.2 Å². The van der Waals surface area contributed by atoms with Crippen LogP contribution in [0.2, 0.25) is 0 Å². The zero-order chi connectivity index (χ0) is 23.1. The first-order chi connectivity index (χ1) is 15.9. The van der Waals surface area contributed by atoms with Crippen LogP contribution in [0.1, 0.15) is 46.7 Å². The predicted octanol–water partition coefficient (Wildman–Crippen LogP) is 1.52. The number of amides is 2. The van der Waals surface area contributed by atoms with E-state index in [1.165, 1.54) is 18.5 Å². The van der Waals surface area contributed by atoms with Gasteiger partial charge in [-0.25, -0.2) is 4.98 Å². The van der Waals surface area contributed by atoms with E-state index in [4.69, 9.17) is 0 Å². The SMILES string of the molecule is CN1CCN(c2ccc(CNC(=O)c3nc4c(s3)C(=O)c3ccncc3C4=O)cc2)CC1=O. The van der Waals surface area contributed by atoms with E-state index in [2.05, 4.69) is 15.3 Å². The van der Waals surface area contributed by atoms with E-state index in [0.29, 0.717) is 13.1 Å². The monoisotopic (exact) mass is 461 g/mol. The Morgan fingerprint density at radius 2 is 1.85 bits per heavy atom. The minimum atomic E-state index is -0.453. The molecule has 0 unspecified atom stereocenters. The fourth-order valence-corrected chi connectivity index (χ4v) is 4.74. The van der Waals surface area contributed by atoms with Gasteiger partial charge >= 0.3 is 0 Å². The number of benzene rings is 1. The molecule has 3 aromatic rings. The molecule has 33 heavy (non-hydrogen) atoms. The number of nitrogens with one attached hydrogen (secondary N) is 1. The molecule has 9 nitrogen and oxygen atoms in total. The number of ketones is 2. The number of rotatable bonds is 4. The van der Waals surface area contributed by atoms with Crippen LogP contribution in [0.4, 0.5) is 5.69 Å². The summed E-state index contributed by atoms with van der Waals surface area (Å²) in [6, 6.07) is 9.12. The third kappa shape index (κ3) is 3.78. The van der Waals surface area contributed by atoms with Gasteiger partial charge in [0.2, 0.25) is 17.5 Å². The molecule has 1 saturated heterocycles. The first kappa shape index (κ1) is 21.0. The number of likely N-dealkylation sites (N-methyl/N-ethyl adjacent to an activating group) is 1. The summed E-state index contributed by atoms with van der Waals surface area (Å²) in [5.41, 5.74) is 2.31. The number of aromatic nitrogens is 2. The van der Waals surface area contributed by atoms with Gasteiger partial charge in [-0.1, -0.05) is 12.1 Å². The topological polar surface area (TPSA) is 113 Å². The third-order valence-electron chi connectivity index (χ3n) is 5.76. The molecule has 1 N–H and O–H groups in total. The fraction of sp³-hybridized carbons (Fsp3) is 0.217. The van der Waals surface area contributed by atoms with Gasteiger partial charge < -0.3 is 15.1 Å². The molecule has 1 aromatic carbocycles. The molecule has 2 aliphatic rings. The van der Waals surface area contributed by atoms with E-state index in [9.17, 15) is 19.2 Å². The summed E-state index contributed by atoms with van der Waals surface area (Å²) >= 11 is 0.919. The molecule has 3 heterocycles. The Morgan fingerprint density at radius 3 is 2.61 bits per heavy atom. The summed E-state index contributed by atoms with van der Waals surface area (Å²) in [6.07, 6.45) is 2.80. The molecule has 1 aliphatic heterocycles. The average Bonchev–Trinajstić information content (AvgIpc) is 3.29. The summed E-state index contributed by atoms with van der Waals surface area (Å²) in [4.78, 5) is 61.9. The number of anilines is 1. The molecule has 2 amide bonds. The lowest BCUT2D eigenvalue weighted by Gasteiger charge is -2.33. The third-order valence-corrected chi connectivity index (χ3v) is 6.82. The molecule has 2 aromatic heterocycles. The minimum absolute atomic E-state index is 0.00160. The molecule has 1 fully saturated rings. The second kappa shape index (κ2) is 8.21. The number of piperazine rings is 1. The highest BCUT2D eigenvalue weighted by molar-refractivity contribution is 7.16. The maximum Gasteiger partial charge on any atom is 0.280 e. The summed E-state index contributed by atoms with van der Waals surface area (Å²) in [7, 11) is 1.80. The maximum absolute atomic E-state index is 12.7. The van der Waals surface area contributed by atoms with Gasteiger partial charge in [0.1, 0.15) is 10.6 Å². The predicted molar refractivity (Wildman–Crippen MR) is 121 cm³/mol. The highest BCUT2D eigenvalue weighted by atomic mass is 32.1.